The lowest BCUT2D eigenvalue weighted by molar-refractivity contribution is -0.160. The molecule has 112 valence electrons. The Labute approximate surface area is 109 Å². The average Bonchev–Trinajstić information content (AvgIpc) is 2.20. The highest BCUT2D eigenvalue weighted by Crippen LogP contribution is 2.16. The second kappa shape index (κ2) is 7.85. The zero-order chi connectivity index (χ0) is 15.1. The fraction of sp³-hybridized carbons (Fsp3) is 0.818. The zero-order valence-corrected chi connectivity index (χ0v) is 10.8. The van der Waals surface area contributed by atoms with E-state index in [1.807, 2.05) is 13.8 Å². The van der Waals surface area contributed by atoms with Gasteiger partial charge in [-0.2, -0.15) is 13.2 Å². The summed E-state index contributed by atoms with van der Waals surface area (Å²) in [5.41, 5.74) is 0. The van der Waals surface area contributed by atoms with E-state index in [2.05, 4.69) is 10.1 Å². The van der Waals surface area contributed by atoms with Gasteiger partial charge in [0.05, 0.1) is 0 Å². The molecule has 0 bridgehead atoms. The summed E-state index contributed by atoms with van der Waals surface area (Å²) < 4.78 is 39.3. The van der Waals surface area contributed by atoms with Crippen LogP contribution in [0.3, 0.4) is 0 Å². The first-order chi connectivity index (χ1) is 8.60. The van der Waals surface area contributed by atoms with Crippen LogP contribution in [0, 0.1) is 11.8 Å². The van der Waals surface area contributed by atoms with Gasteiger partial charge >= 0.3 is 18.2 Å². The Kier molecular flexibility index (Phi) is 7.25. The van der Waals surface area contributed by atoms with E-state index in [1.54, 1.807) is 0 Å². The molecule has 8 heteroatoms. The van der Waals surface area contributed by atoms with Crippen molar-refractivity contribution in [2.45, 2.75) is 32.9 Å². The lowest BCUT2D eigenvalue weighted by Gasteiger charge is -2.17. The maximum Gasteiger partial charge on any atom is 0.422 e. The lowest BCUT2D eigenvalue weighted by atomic mass is 9.94. The van der Waals surface area contributed by atoms with Crippen LogP contribution >= 0.6 is 0 Å². The van der Waals surface area contributed by atoms with Crippen LogP contribution in [0.2, 0.25) is 0 Å². The summed E-state index contributed by atoms with van der Waals surface area (Å²) in [4.78, 5) is 21.6. The maximum absolute atomic E-state index is 11.8. The minimum Gasteiger partial charge on any atom is -0.481 e. The van der Waals surface area contributed by atoms with Crippen LogP contribution in [0.25, 0.3) is 0 Å². The van der Waals surface area contributed by atoms with Crippen molar-refractivity contribution in [1.82, 2.24) is 5.32 Å². The van der Waals surface area contributed by atoms with E-state index >= 15 is 0 Å². The highest BCUT2D eigenvalue weighted by Gasteiger charge is 2.29. The summed E-state index contributed by atoms with van der Waals surface area (Å²) in [5.74, 6) is -1.13. The predicted molar refractivity (Wildman–Crippen MR) is 60.6 cm³/mol. The van der Waals surface area contributed by atoms with Crippen LogP contribution in [0.5, 0.6) is 0 Å². The molecule has 5 nitrogen and oxygen atoms in total. The number of amides is 1. The second-order valence-corrected chi connectivity index (χ2v) is 4.67. The fourth-order valence-electron chi connectivity index (χ4n) is 1.58. The lowest BCUT2D eigenvalue weighted by Crippen LogP contribution is -2.33. The number of rotatable bonds is 7. The van der Waals surface area contributed by atoms with Crippen molar-refractivity contribution in [3.05, 3.63) is 0 Å². The van der Waals surface area contributed by atoms with E-state index in [-0.39, 0.29) is 24.8 Å². The van der Waals surface area contributed by atoms with Gasteiger partial charge in [-0.25, -0.2) is 4.79 Å². The molecular weight excluding hydrogens is 267 g/mol. The van der Waals surface area contributed by atoms with Gasteiger partial charge in [-0.05, 0) is 18.3 Å². The minimum atomic E-state index is -4.57. The van der Waals surface area contributed by atoms with Gasteiger partial charge in [0.15, 0.2) is 6.61 Å². The molecule has 0 radical (unpaired) electrons. The summed E-state index contributed by atoms with van der Waals surface area (Å²) in [5, 5.41) is 10.8. The largest absolute Gasteiger partial charge is 0.481 e. The minimum absolute atomic E-state index is 0.0266. The molecule has 0 spiro atoms. The van der Waals surface area contributed by atoms with Gasteiger partial charge < -0.3 is 15.2 Å². The summed E-state index contributed by atoms with van der Waals surface area (Å²) >= 11 is 0. The number of hydrogen-bond acceptors (Lipinski definition) is 3. The van der Waals surface area contributed by atoms with Crippen molar-refractivity contribution >= 4 is 12.1 Å². The van der Waals surface area contributed by atoms with E-state index in [4.69, 9.17) is 5.11 Å². The van der Waals surface area contributed by atoms with Gasteiger partial charge in [0.2, 0.25) is 0 Å². The fourth-order valence-corrected chi connectivity index (χ4v) is 1.58. The number of alkyl halides is 3. The maximum atomic E-state index is 11.8. The SMILES string of the molecule is CC(C)CC(CNC(=O)OCC(F)(F)F)CC(=O)O. The Morgan fingerprint density at radius 2 is 1.89 bits per heavy atom. The molecule has 0 saturated carbocycles. The summed E-state index contributed by atoms with van der Waals surface area (Å²) in [7, 11) is 0. The van der Waals surface area contributed by atoms with Crippen LogP contribution in [0.1, 0.15) is 26.7 Å². The smallest absolute Gasteiger partial charge is 0.422 e. The zero-order valence-electron chi connectivity index (χ0n) is 10.8. The first kappa shape index (κ1) is 17.5. The molecular formula is C11H18F3NO4. The molecule has 0 rings (SSSR count). The van der Waals surface area contributed by atoms with Gasteiger partial charge in [0.25, 0.3) is 0 Å². The topological polar surface area (TPSA) is 75.6 Å². The Hall–Kier alpha value is -1.47. The number of aliphatic carboxylic acids is 1. The third-order valence-electron chi connectivity index (χ3n) is 2.17. The van der Waals surface area contributed by atoms with Gasteiger partial charge in [-0.15, -0.1) is 0 Å². The quantitative estimate of drug-likeness (QED) is 0.753. The Bertz CT molecular complexity index is 305. The summed E-state index contributed by atoms with van der Waals surface area (Å²) in [6.45, 7) is 2.08. The molecule has 0 aromatic rings. The highest BCUT2D eigenvalue weighted by atomic mass is 19.4. The number of ether oxygens (including phenoxy) is 1. The van der Waals surface area contributed by atoms with Crippen molar-refractivity contribution in [3.8, 4) is 0 Å². The highest BCUT2D eigenvalue weighted by molar-refractivity contribution is 5.68. The molecule has 0 aliphatic rings. The van der Waals surface area contributed by atoms with Crippen molar-refractivity contribution in [2.24, 2.45) is 11.8 Å². The van der Waals surface area contributed by atoms with E-state index in [1.165, 1.54) is 0 Å². The molecule has 1 amide bonds. The van der Waals surface area contributed by atoms with Crippen molar-refractivity contribution in [2.75, 3.05) is 13.2 Å². The van der Waals surface area contributed by atoms with E-state index in [0.717, 1.165) is 0 Å². The number of hydrogen-bond donors (Lipinski definition) is 2. The number of alkyl carbamates (subject to hydrolysis) is 1. The van der Waals surface area contributed by atoms with Crippen LogP contribution in [-0.2, 0) is 9.53 Å². The third kappa shape index (κ3) is 11.4. The molecule has 1 atom stereocenters. The number of carbonyl (C=O) groups is 2. The van der Waals surface area contributed by atoms with Crippen LogP contribution < -0.4 is 5.32 Å². The van der Waals surface area contributed by atoms with E-state index in [0.29, 0.717) is 6.42 Å². The van der Waals surface area contributed by atoms with Gasteiger partial charge in [0, 0.05) is 13.0 Å². The number of carboxylic acids is 1. The number of halogens is 3. The van der Waals surface area contributed by atoms with Crippen molar-refractivity contribution in [3.63, 3.8) is 0 Å². The monoisotopic (exact) mass is 285 g/mol. The van der Waals surface area contributed by atoms with Crippen molar-refractivity contribution < 1.29 is 32.6 Å². The first-order valence-electron chi connectivity index (χ1n) is 5.79. The van der Waals surface area contributed by atoms with Crippen LogP contribution in [0.15, 0.2) is 0 Å². The molecule has 0 heterocycles. The van der Waals surface area contributed by atoms with E-state index in [9.17, 15) is 22.8 Å². The Morgan fingerprint density at radius 1 is 1.32 bits per heavy atom. The molecule has 19 heavy (non-hydrogen) atoms. The van der Waals surface area contributed by atoms with Crippen LogP contribution in [0.4, 0.5) is 18.0 Å². The second-order valence-electron chi connectivity index (χ2n) is 4.67. The van der Waals surface area contributed by atoms with Gasteiger partial charge in [0.1, 0.15) is 0 Å². The number of carbonyl (C=O) groups excluding carboxylic acids is 1. The normalized spacial score (nSPS) is 13.2. The molecule has 0 aliphatic carbocycles. The van der Waals surface area contributed by atoms with Gasteiger partial charge in [-0.3, -0.25) is 4.79 Å². The van der Waals surface area contributed by atoms with Gasteiger partial charge in [-0.1, -0.05) is 13.8 Å². The van der Waals surface area contributed by atoms with Crippen LogP contribution in [-0.4, -0.2) is 36.5 Å². The Balaban J connectivity index is 4.08. The number of carboxylic acid groups (broad SMARTS) is 1. The molecule has 1 unspecified atom stereocenters. The Morgan fingerprint density at radius 3 is 2.32 bits per heavy atom. The average molecular weight is 285 g/mol. The molecule has 0 fully saturated rings. The van der Waals surface area contributed by atoms with E-state index < -0.39 is 24.8 Å². The molecule has 0 aromatic carbocycles. The third-order valence-corrected chi connectivity index (χ3v) is 2.17. The predicted octanol–water partition coefficient (Wildman–Crippen LogP) is 2.41. The standard InChI is InChI=1S/C11H18F3NO4/c1-7(2)3-8(4-9(16)17)5-15-10(18)19-6-11(12,13)14/h7-8H,3-6H2,1-2H3,(H,15,18)(H,16,17). The van der Waals surface area contributed by atoms with Crippen molar-refractivity contribution in [1.29, 1.82) is 0 Å². The number of nitrogens with one attached hydrogen (secondary N) is 1. The summed E-state index contributed by atoms with van der Waals surface area (Å²) in [6, 6.07) is 0. The molecule has 2 N–H and O–H groups in total. The first-order valence-corrected chi connectivity index (χ1v) is 5.79. The molecule has 0 aromatic heterocycles. The molecule has 0 aliphatic heterocycles. The molecule has 0 saturated heterocycles. The summed E-state index contributed by atoms with van der Waals surface area (Å²) in [6.07, 6.45) is -5.38.